The predicted molar refractivity (Wildman–Crippen MR) is 92.3 cm³/mol. The van der Waals surface area contributed by atoms with Crippen molar-refractivity contribution < 1.29 is 0 Å². The van der Waals surface area contributed by atoms with Crippen LogP contribution in [0.3, 0.4) is 0 Å². The summed E-state index contributed by atoms with van der Waals surface area (Å²) in [5, 5.41) is 11.2. The fraction of sp³-hybridized carbons (Fsp3) is 0.733. The van der Waals surface area contributed by atoms with E-state index in [0.29, 0.717) is 0 Å². The summed E-state index contributed by atoms with van der Waals surface area (Å²) in [6.45, 7) is 11.3. The van der Waals surface area contributed by atoms with Crippen molar-refractivity contribution in [2.75, 3.05) is 26.7 Å². The maximum atomic E-state index is 4.42. The minimum Gasteiger partial charge on any atom is -0.356 e. The molecule has 3 N–H and O–H groups in total. The van der Waals surface area contributed by atoms with E-state index in [1.54, 1.807) is 18.4 Å². The lowest BCUT2D eigenvalue weighted by atomic mass is 10.1. The van der Waals surface area contributed by atoms with Crippen LogP contribution >= 0.6 is 11.3 Å². The molecule has 0 spiro atoms. The van der Waals surface area contributed by atoms with Crippen molar-refractivity contribution in [3.05, 3.63) is 16.1 Å². The van der Waals surface area contributed by atoms with Crippen LogP contribution in [-0.2, 0) is 12.8 Å². The molecule has 0 aliphatic heterocycles. The van der Waals surface area contributed by atoms with Crippen molar-refractivity contribution in [2.45, 2.75) is 46.1 Å². The maximum Gasteiger partial charge on any atom is 0.191 e. The second-order valence-electron chi connectivity index (χ2n) is 5.93. The Morgan fingerprint density at radius 2 is 1.95 bits per heavy atom. The van der Waals surface area contributed by atoms with Crippen LogP contribution in [0.1, 0.15) is 37.6 Å². The van der Waals surface area contributed by atoms with E-state index < -0.39 is 0 Å². The zero-order valence-electron chi connectivity index (χ0n) is 13.9. The third-order valence-electron chi connectivity index (χ3n) is 2.88. The highest BCUT2D eigenvalue weighted by Gasteiger charge is 2.07. The molecule has 1 aromatic rings. The van der Waals surface area contributed by atoms with Crippen molar-refractivity contribution in [1.29, 1.82) is 0 Å². The molecule has 0 fully saturated rings. The van der Waals surface area contributed by atoms with Gasteiger partial charge in [0.15, 0.2) is 5.96 Å². The number of hydrogen-bond donors (Lipinski definition) is 3. The molecule has 1 rings (SSSR count). The zero-order chi connectivity index (χ0) is 15.7. The molecule has 21 heavy (non-hydrogen) atoms. The number of guanidine groups is 1. The number of aromatic nitrogens is 1. The van der Waals surface area contributed by atoms with E-state index in [2.05, 4.69) is 53.6 Å². The van der Waals surface area contributed by atoms with Gasteiger partial charge in [-0.2, -0.15) is 0 Å². The van der Waals surface area contributed by atoms with Gasteiger partial charge in [0.2, 0.25) is 0 Å². The third-order valence-corrected chi connectivity index (χ3v) is 4.08. The smallest absolute Gasteiger partial charge is 0.191 e. The topological polar surface area (TPSA) is 61.3 Å². The molecule has 6 heteroatoms. The molecule has 0 radical (unpaired) electrons. The Morgan fingerprint density at radius 3 is 2.52 bits per heavy atom. The second-order valence-corrected chi connectivity index (χ2v) is 7.13. The van der Waals surface area contributed by atoms with E-state index in [0.717, 1.165) is 38.4 Å². The van der Waals surface area contributed by atoms with Crippen molar-refractivity contribution in [3.8, 4) is 0 Å². The molecular formula is C15H29N5S. The summed E-state index contributed by atoms with van der Waals surface area (Å²) >= 11 is 1.79. The fourth-order valence-electron chi connectivity index (χ4n) is 1.75. The quantitative estimate of drug-likeness (QED) is 0.408. The van der Waals surface area contributed by atoms with Crippen LogP contribution in [0.4, 0.5) is 0 Å². The summed E-state index contributed by atoms with van der Waals surface area (Å²) < 4.78 is 0. The van der Waals surface area contributed by atoms with Gasteiger partial charge in [-0.15, -0.1) is 11.3 Å². The van der Waals surface area contributed by atoms with E-state index in [9.17, 15) is 0 Å². The van der Waals surface area contributed by atoms with E-state index in [1.165, 1.54) is 9.88 Å². The molecule has 1 heterocycles. The van der Waals surface area contributed by atoms with Gasteiger partial charge in [-0.1, -0.05) is 6.92 Å². The Labute approximate surface area is 132 Å². The lowest BCUT2D eigenvalue weighted by molar-refractivity contribution is 0.428. The molecule has 0 unspecified atom stereocenters. The number of aryl methyl sites for hydroxylation is 1. The van der Waals surface area contributed by atoms with E-state index >= 15 is 0 Å². The number of hydrogen-bond acceptors (Lipinski definition) is 4. The van der Waals surface area contributed by atoms with Gasteiger partial charge in [-0.05, 0) is 27.2 Å². The Hall–Kier alpha value is -1.14. The van der Waals surface area contributed by atoms with Gasteiger partial charge < -0.3 is 16.0 Å². The van der Waals surface area contributed by atoms with Gasteiger partial charge in [0.05, 0.1) is 5.01 Å². The van der Waals surface area contributed by atoms with Gasteiger partial charge >= 0.3 is 0 Å². The lowest BCUT2D eigenvalue weighted by Gasteiger charge is -2.21. The number of thiazole rings is 1. The Morgan fingerprint density at radius 1 is 1.24 bits per heavy atom. The Bertz CT molecular complexity index is 434. The predicted octanol–water partition coefficient (Wildman–Crippen LogP) is 1.80. The molecule has 120 valence electrons. The summed E-state index contributed by atoms with van der Waals surface area (Å²) in [7, 11) is 1.80. The molecular weight excluding hydrogens is 282 g/mol. The molecule has 5 nitrogen and oxygen atoms in total. The Balaban J connectivity index is 2.19. The van der Waals surface area contributed by atoms with Crippen molar-refractivity contribution in [1.82, 2.24) is 20.9 Å². The first-order valence-corrected chi connectivity index (χ1v) is 8.39. The normalized spacial score (nSPS) is 12.5. The molecule has 0 aliphatic rings. The second kappa shape index (κ2) is 9.00. The monoisotopic (exact) mass is 311 g/mol. The summed E-state index contributed by atoms with van der Waals surface area (Å²) in [6.07, 6.45) is 3.98. The third kappa shape index (κ3) is 8.02. The van der Waals surface area contributed by atoms with Crippen molar-refractivity contribution in [2.24, 2.45) is 4.99 Å². The fourth-order valence-corrected chi connectivity index (χ4v) is 2.62. The van der Waals surface area contributed by atoms with Crippen LogP contribution in [0.25, 0.3) is 0 Å². The maximum absolute atomic E-state index is 4.42. The molecule has 1 aromatic heterocycles. The first-order valence-electron chi connectivity index (χ1n) is 7.57. The largest absolute Gasteiger partial charge is 0.356 e. The lowest BCUT2D eigenvalue weighted by Crippen LogP contribution is -2.44. The highest BCUT2D eigenvalue weighted by Crippen LogP contribution is 2.13. The molecule has 0 saturated heterocycles. The standard InChI is InChI=1S/C15H29N5S/c1-6-12-11-19-13(21-12)7-8-17-14(16-5)18-9-10-20-15(2,3)4/h11,20H,6-10H2,1-5H3,(H2,16,17,18). The summed E-state index contributed by atoms with van der Waals surface area (Å²) in [5.74, 6) is 0.845. The van der Waals surface area contributed by atoms with Gasteiger partial charge in [0.25, 0.3) is 0 Å². The number of nitrogens with one attached hydrogen (secondary N) is 3. The minimum atomic E-state index is 0.153. The number of nitrogens with zero attached hydrogens (tertiary/aromatic N) is 2. The zero-order valence-corrected chi connectivity index (χ0v) is 14.7. The summed E-state index contributed by atoms with van der Waals surface area (Å²) in [4.78, 5) is 9.99. The SMILES string of the molecule is CCc1cnc(CCNC(=NC)NCCNC(C)(C)C)s1. The molecule has 0 amide bonds. The van der Waals surface area contributed by atoms with E-state index in [-0.39, 0.29) is 5.54 Å². The minimum absolute atomic E-state index is 0.153. The summed E-state index contributed by atoms with van der Waals surface area (Å²) in [6, 6.07) is 0. The highest BCUT2D eigenvalue weighted by molar-refractivity contribution is 7.11. The molecule has 0 saturated carbocycles. The van der Waals surface area contributed by atoms with Crippen LogP contribution in [0.2, 0.25) is 0 Å². The average Bonchev–Trinajstić information content (AvgIpc) is 2.88. The van der Waals surface area contributed by atoms with Gasteiger partial charge in [0, 0.05) is 49.7 Å². The van der Waals surface area contributed by atoms with Crippen molar-refractivity contribution in [3.63, 3.8) is 0 Å². The first kappa shape index (κ1) is 17.9. The highest BCUT2D eigenvalue weighted by atomic mass is 32.1. The Kier molecular flexibility index (Phi) is 7.67. The van der Waals surface area contributed by atoms with Gasteiger partial charge in [0.1, 0.15) is 0 Å². The van der Waals surface area contributed by atoms with Crippen LogP contribution in [0.5, 0.6) is 0 Å². The number of rotatable bonds is 7. The van der Waals surface area contributed by atoms with E-state index in [4.69, 9.17) is 0 Å². The first-order chi connectivity index (χ1) is 9.94. The van der Waals surface area contributed by atoms with Crippen molar-refractivity contribution >= 4 is 17.3 Å². The molecule has 0 aliphatic carbocycles. The molecule has 0 atom stereocenters. The number of aliphatic imine (C=N–C) groups is 1. The van der Waals surface area contributed by atoms with Gasteiger partial charge in [-0.3, -0.25) is 4.99 Å². The summed E-state index contributed by atoms with van der Waals surface area (Å²) in [5.41, 5.74) is 0.153. The van der Waals surface area contributed by atoms with Gasteiger partial charge in [-0.25, -0.2) is 4.98 Å². The van der Waals surface area contributed by atoms with Crippen LogP contribution in [-0.4, -0.2) is 43.2 Å². The molecule has 0 aromatic carbocycles. The molecule has 0 bridgehead atoms. The van der Waals surface area contributed by atoms with Crippen LogP contribution in [0.15, 0.2) is 11.2 Å². The van der Waals surface area contributed by atoms with Crippen LogP contribution in [0, 0.1) is 0 Å². The average molecular weight is 311 g/mol. The van der Waals surface area contributed by atoms with Crippen LogP contribution < -0.4 is 16.0 Å². The van der Waals surface area contributed by atoms with E-state index in [1.807, 2.05) is 6.20 Å².